The standard InChI is InChI=1S/C12H13FN2O/c1-2-15-6-5-14-12(15)7-9-3-4-10(13)8-11(9)16/h3-6,8,16H,2,7H2,1H3. The number of imidazole rings is 1. The summed E-state index contributed by atoms with van der Waals surface area (Å²) >= 11 is 0. The summed E-state index contributed by atoms with van der Waals surface area (Å²) in [5.74, 6) is 0.412. The number of aryl methyl sites for hydroxylation is 1. The first kappa shape index (κ1) is 10.7. The minimum absolute atomic E-state index is 0.0225. The number of aromatic nitrogens is 2. The Morgan fingerprint density at radius 2 is 2.25 bits per heavy atom. The smallest absolute Gasteiger partial charge is 0.126 e. The summed E-state index contributed by atoms with van der Waals surface area (Å²) in [5, 5.41) is 9.58. The summed E-state index contributed by atoms with van der Waals surface area (Å²) in [6.45, 7) is 2.85. The fourth-order valence-corrected chi connectivity index (χ4v) is 1.65. The maximum absolute atomic E-state index is 12.8. The second-order valence-electron chi connectivity index (χ2n) is 3.58. The predicted octanol–water partition coefficient (Wildman–Crippen LogP) is 2.34. The van der Waals surface area contributed by atoms with Crippen LogP contribution in [0.15, 0.2) is 30.6 Å². The van der Waals surface area contributed by atoms with Gasteiger partial charge < -0.3 is 9.67 Å². The van der Waals surface area contributed by atoms with Crippen molar-refractivity contribution in [1.29, 1.82) is 0 Å². The number of benzene rings is 1. The second kappa shape index (κ2) is 4.35. The number of phenolic OH excluding ortho intramolecular Hbond substituents is 1. The zero-order chi connectivity index (χ0) is 11.5. The van der Waals surface area contributed by atoms with Crippen molar-refractivity contribution in [2.75, 3.05) is 0 Å². The van der Waals surface area contributed by atoms with Crippen molar-refractivity contribution in [3.8, 4) is 5.75 Å². The number of nitrogens with zero attached hydrogens (tertiary/aromatic N) is 2. The first-order chi connectivity index (χ1) is 7.70. The fraction of sp³-hybridized carbons (Fsp3) is 0.250. The molecule has 1 aromatic heterocycles. The quantitative estimate of drug-likeness (QED) is 0.862. The molecule has 16 heavy (non-hydrogen) atoms. The molecule has 0 radical (unpaired) electrons. The summed E-state index contributed by atoms with van der Waals surface area (Å²) in [5.41, 5.74) is 0.683. The summed E-state index contributed by atoms with van der Waals surface area (Å²) in [4.78, 5) is 4.20. The zero-order valence-corrected chi connectivity index (χ0v) is 9.02. The van der Waals surface area contributed by atoms with Crippen molar-refractivity contribution in [1.82, 2.24) is 9.55 Å². The third kappa shape index (κ3) is 2.05. The van der Waals surface area contributed by atoms with Gasteiger partial charge in [0, 0.05) is 37.0 Å². The van der Waals surface area contributed by atoms with E-state index in [0.717, 1.165) is 18.4 Å². The molecular formula is C12H13FN2O. The maximum atomic E-state index is 12.8. The molecule has 0 saturated heterocycles. The van der Waals surface area contributed by atoms with Crippen LogP contribution in [0.4, 0.5) is 4.39 Å². The summed E-state index contributed by atoms with van der Waals surface area (Å²) in [7, 11) is 0. The molecule has 1 N–H and O–H groups in total. The number of halogens is 1. The van der Waals surface area contributed by atoms with Gasteiger partial charge in [0.2, 0.25) is 0 Å². The van der Waals surface area contributed by atoms with Gasteiger partial charge in [-0.05, 0) is 13.0 Å². The van der Waals surface area contributed by atoms with Crippen molar-refractivity contribution in [2.45, 2.75) is 19.9 Å². The summed E-state index contributed by atoms with van der Waals surface area (Å²) in [6, 6.07) is 4.04. The third-order valence-electron chi connectivity index (χ3n) is 2.54. The van der Waals surface area contributed by atoms with E-state index < -0.39 is 5.82 Å². The number of hydrogen-bond acceptors (Lipinski definition) is 2. The van der Waals surface area contributed by atoms with E-state index >= 15 is 0 Å². The molecule has 0 aliphatic rings. The van der Waals surface area contributed by atoms with Crippen LogP contribution in [-0.4, -0.2) is 14.7 Å². The van der Waals surface area contributed by atoms with Gasteiger partial charge in [-0.25, -0.2) is 9.37 Å². The molecule has 1 heterocycles. The normalized spacial score (nSPS) is 10.6. The van der Waals surface area contributed by atoms with E-state index in [9.17, 15) is 9.50 Å². The van der Waals surface area contributed by atoms with E-state index in [1.807, 2.05) is 17.7 Å². The highest BCUT2D eigenvalue weighted by molar-refractivity contribution is 5.34. The first-order valence-corrected chi connectivity index (χ1v) is 5.18. The van der Waals surface area contributed by atoms with Gasteiger partial charge in [-0.15, -0.1) is 0 Å². The summed E-state index contributed by atoms with van der Waals surface area (Å²) < 4.78 is 14.8. The highest BCUT2D eigenvalue weighted by atomic mass is 19.1. The fourth-order valence-electron chi connectivity index (χ4n) is 1.65. The Hall–Kier alpha value is -1.84. The molecule has 1 aromatic carbocycles. The molecule has 84 valence electrons. The van der Waals surface area contributed by atoms with Crippen molar-refractivity contribution >= 4 is 0 Å². The highest BCUT2D eigenvalue weighted by Gasteiger charge is 2.07. The van der Waals surface area contributed by atoms with Gasteiger partial charge >= 0.3 is 0 Å². The lowest BCUT2D eigenvalue weighted by molar-refractivity contribution is 0.462. The largest absolute Gasteiger partial charge is 0.508 e. The molecule has 0 amide bonds. The molecule has 0 bridgehead atoms. The predicted molar refractivity (Wildman–Crippen MR) is 58.8 cm³/mol. The first-order valence-electron chi connectivity index (χ1n) is 5.18. The lowest BCUT2D eigenvalue weighted by Gasteiger charge is -2.06. The van der Waals surface area contributed by atoms with Crippen molar-refractivity contribution < 1.29 is 9.50 Å². The van der Waals surface area contributed by atoms with Gasteiger partial charge in [0.15, 0.2) is 0 Å². The molecule has 0 atom stereocenters. The van der Waals surface area contributed by atoms with Crippen LogP contribution in [0.25, 0.3) is 0 Å². The van der Waals surface area contributed by atoms with E-state index in [0.29, 0.717) is 12.0 Å². The molecule has 2 rings (SSSR count). The Kier molecular flexibility index (Phi) is 2.90. The van der Waals surface area contributed by atoms with E-state index in [4.69, 9.17) is 0 Å². The second-order valence-corrected chi connectivity index (χ2v) is 3.58. The van der Waals surface area contributed by atoms with Crippen LogP contribution in [0.3, 0.4) is 0 Å². The van der Waals surface area contributed by atoms with Gasteiger partial charge in [-0.1, -0.05) is 6.07 Å². The molecule has 4 heteroatoms. The van der Waals surface area contributed by atoms with Crippen LogP contribution in [0.2, 0.25) is 0 Å². The molecule has 0 unspecified atom stereocenters. The Balaban J connectivity index is 2.27. The topological polar surface area (TPSA) is 38.0 Å². The molecule has 0 saturated carbocycles. The Morgan fingerprint density at radius 3 is 2.94 bits per heavy atom. The molecule has 0 fully saturated rings. The van der Waals surface area contributed by atoms with Crippen LogP contribution in [0, 0.1) is 5.82 Å². The average molecular weight is 220 g/mol. The number of phenols is 1. The number of hydrogen-bond donors (Lipinski definition) is 1. The highest BCUT2D eigenvalue weighted by Crippen LogP contribution is 2.20. The maximum Gasteiger partial charge on any atom is 0.126 e. The molecule has 3 nitrogen and oxygen atoms in total. The van der Waals surface area contributed by atoms with Gasteiger partial charge in [-0.3, -0.25) is 0 Å². The lowest BCUT2D eigenvalue weighted by atomic mass is 10.1. The molecule has 2 aromatic rings. The summed E-state index contributed by atoms with van der Waals surface area (Å²) in [6.07, 6.45) is 4.11. The van der Waals surface area contributed by atoms with Crippen LogP contribution >= 0.6 is 0 Å². The Bertz CT molecular complexity index is 494. The van der Waals surface area contributed by atoms with E-state index in [2.05, 4.69) is 4.98 Å². The SMILES string of the molecule is CCn1ccnc1Cc1ccc(F)cc1O. The van der Waals surface area contributed by atoms with Crippen molar-refractivity contribution in [3.05, 3.63) is 47.8 Å². The Labute approximate surface area is 93.2 Å². The lowest BCUT2D eigenvalue weighted by Crippen LogP contribution is -2.02. The third-order valence-corrected chi connectivity index (χ3v) is 2.54. The number of rotatable bonds is 3. The van der Waals surface area contributed by atoms with Gasteiger partial charge in [0.05, 0.1) is 0 Å². The molecule has 0 aliphatic carbocycles. The van der Waals surface area contributed by atoms with Crippen LogP contribution in [-0.2, 0) is 13.0 Å². The van der Waals surface area contributed by atoms with Gasteiger partial charge in [0.1, 0.15) is 17.4 Å². The van der Waals surface area contributed by atoms with Crippen LogP contribution in [0.5, 0.6) is 5.75 Å². The average Bonchev–Trinajstić information content (AvgIpc) is 2.69. The number of aromatic hydroxyl groups is 1. The van der Waals surface area contributed by atoms with E-state index in [1.54, 1.807) is 12.3 Å². The zero-order valence-electron chi connectivity index (χ0n) is 9.02. The van der Waals surface area contributed by atoms with E-state index in [-0.39, 0.29) is 5.75 Å². The van der Waals surface area contributed by atoms with Gasteiger partial charge in [-0.2, -0.15) is 0 Å². The van der Waals surface area contributed by atoms with Crippen LogP contribution in [0.1, 0.15) is 18.3 Å². The Morgan fingerprint density at radius 1 is 1.44 bits per heavy atom. The molecule has 0 spiro atoms. The minimum atomic E-state index is -0.430. The minimum Gasteiger partial charge on any atom is -0.508 e. The van der Waals surface area contributed by atoms with Crippen molar-refractivity contribution in [2.24, 2.45) is 0 Å². The van der Waals surface area contributed by atoms with E-state index in [1.165, 1.54) is 6.07 Å². The molecular weight excluding hydrogens is 207 g/mol. The van der Waals surface area contributed by atoms with Crippen LogP contribution < -0.4 is 0 Å². The monoisotopic (exact) mass is 220 g/mol. The van der Waals surface area contributed by atoms with Crippen molar-refractivity contribution in [3.63, 3.8) is 0 Å². The molecule has 0 aliphatic heterocycles. The van der Waals surface area contributed by atoms with Gasteiger partial charge in [0.25, 0.3) is 0 Å².